The van der Waals surface area contributed by atoms with E-state index in [0.717, 1.165) is 38.4 Å². The molecule has 0 radical (unpaired) electrons. The van der Waals surface area contributed by atoms with Crippen LogP contribution in [0, 0.1) is 13.8 Å². The summed E-state index contributed by atoms with van der Waals surface area (Å²) in [6, 6.07) is 6.65. The quantitative estimate of drug-likeness (QED) is 0.769. The number of aromatic nitrogens is 2. The van der Waals surface area contributed by atoms with Gasteiger partial charge in [-0.05, 0) is 64.9 Å². The molecule has 126 valence electrons. The highest BCUT2D eigenvalue weighted by Crippen LogP contribution is 2.33. The van der Waals surface area contributed by atoms with E-state index in [4.69, 9.17) is 4.74 Å². The van der Waals surface area contributed by atoms with Gasteiger partial charge in [-0.25, -0.2) is 0 Å². The highest BCUT2D eigenvalue weighted by atomic mass is 32.1. The Kier molecular flexibility index (Phi) is 5.51. The van der Waals surface area contributed by atoms with Crippen LogP contribution in [0.5, 0.6) is 0 Å². The Balaban J connectivity index is 1.44. The maximum absolute atomic E-state index is 5.77. The maximum Gasteiger partial charge on any atom is 0.0917 e. The molecule has 0 unspecified atom stereocenters. The molecule has 2 aromatic rings. The second-order valence-electron chi connectivity index (χ2n) is 6.55. The zero-order chi connectivity index (χ0) is 16.2. The van der Waals surface area contributed by atoms with Crippen molar-refractivity contribution in [1.82, 2.24) is 14.7 Å². The second-order valence-corrected chi connectivity index (χ2v) is 7.75. The van der Waals surface area contributed by atoms with Crippen molar-refractivity contribution in [1.29, 1.82) is 0 Å². The number of hydrogen-bond donors (Lipinski definition) is 0. The maximum atomic E-state index is 5.77. The summed E-state index contributed by atoms with van der Waals surface area (Å²) < 4.78 is 7.89. The number of aryl methyl sites for hydroxylation is 3. The van der Waals surface area contributed by atoms with Crippen molar-refractivity contribution in [3.05, 3.63) is 39.3 Å². The predicted molar refractivity (Wildman–Crippen MR) is 94.9 cm³/mol. The number of ether oxygens (including phenoxy) is 1. The molecule has 1 fully saturated rings. The summed E-state index contributed by atoms with van der Waals surface area (Å²) in [6.07, 6.45) is 3.86. The van der Waals surface area contributed by atoms with Crippen LogP contribution in [0.15, 0.2) is 18.2 Å². The van der Waals surface area contributed by atoms with Crippen LogP contribution in [0.25, 0.3) is 0 Å². The van der Waals surface area contributed by atoms with Gasteiger partial charge in [-0.1, -0.05) is 0 Å². The fourth-order valence-corrected chi connectivity index (χ4v) is 4.37. The van der Waals surface area contributed by atoms with Gasteiger partial charge in [0.2, 0.25) is 0 Å². The molecule has 3 heterocycles. The SMILES string of the molecule is Cc1cc(C)n(CCCN(C)Cc2ccc([C@H]3CCCO3)s2)n1. The van der Waals surface area contributed by atoms with Gasteiger partial charge in [-0.3, -0.25) is 4.68 Å². The summed E-state index contributed by atoms with van der Waals surface area (Å²) in [7, 11) is 2.20. The molecule has 4 nitrogen and oxygen atoms in total. The summed E-state index contributed by atoms with van der Waals surface area (Å²) >= 11 is 1.91. The minimum atomic E-state index is 0.352. The van der Waals surface area contributed by atoms with Gasteiger partial charge in [0.1, 0.15) is 0 Å². The Hall–Kier alpha value is -1.17. The third kappa shape index (κ3) is 4.43. The first kappa shape index (κ1) is 16.7. The van der Waals surface area contributed by atoms with Crippen LogP contribution >= 0.6 is 11.3 Å². The predicted octanol–water partition coefficient (Wildman–Crippen LogP) is 3.94. The average Bonchev–Trinajstić information content (AvgIpc) is 3.21. The van der Waals surface area contributed by atoms with Crippen molar-refractivity contribution in [3.63, 3.8) is 0 Å². The number of rotatable bonds is 7. The summed E-state index contributed by atoms with van der Waals surface area (Å²) in [6.45, 7) is 8.21. The third-order valence-electron chi connectivity index (χ3n) is 4.37. The van der Waals surface area contributed by atoms with Crippen LogP contribution in [0.4, 0.5) is 0 Å². The van der Waals surface area contributed by atoms with Crippen LogP contribution in [0.1, 0.15) is 46.5 Å². The lowest BCUT2D eigenvalue weighted by atomic mass is 10.2. The average molecular weight is 334 g/mol. The fourth-order valence-electron chi connectivity index (χ4n) is 3.19. The van der Waals surface area contributed by atoms with E-state index in [1.54, 1.807) is 0 Å². The molecule has 0 saturated carbocycles. The lowest BCUT2D eigenvalue weighted by molar-refractivity contribution is 0.114. The van der Waals surface area contributed by atoms with Crippen LogP contribution in [0.2, 0.25) is 0 Å². The molecule has 3 rings (SSSR count). The molecule has 0 aromatic carbocycles. The van der Waals surface area contributed by atoms with E-state index < -0.39 is 0 Å². The van der Waals surface area contributed by atoms with E-state index in [1.165, 1.54) is 28.3 Å². The first-order valence-corrected chi connectivity index (χ1v) is 9.33. The first-order valence-electron chi connectivity index (χ1n) is 8.51. The molecular formula is C18H27N3OS. The monoisotopic (exact) mass is 333 g/mol. The summed E-state index contributed by atoms with van der Waals surface area (Å²) in [5.74, 6) is 0. The zero-order valence-corrected chi connectivity index (χ0v) is 15.2. The molecule has 0 N–H and O–H groups in total. The molecule has 2 aromatic heterocycles. The molecule has 0 aliphatic carbocycles. The smallest absolute Gasteiger partial charge is 0.0917 e. The number of thiophene rings is 1. The molecular weight excluding hydrogens is 306 g/mol. The highest BCUT2D eigenvalue weighted by Gasteiger charge is 2.19. The summed E-state index contributed by atoms with van der Waals surface area (Å²) in [5.41, 5.74) is 2.36. The molecule has 1 aliphatic rings. The number of nitrogens with zero attached hydrogens (tertiary/aromatic N) is 3. The lowest BCUT2D eigenvalue weighted by Gasteiger charge is -2.16. The Bertz CT molecular complexity index is 628. The van der Waals surface area contributed by atoms with E-state index >= 15 is 0 Å². The molecule has 0 amide bonds. The fraction of sp³-hybridized carbons (Fsp3) is 0.611. The van der Waals surface area contributed by atoms with E-state index in [1.807, 2.05) is 11.3 Å². The van der Waals surface area contributed by atoms with Crippen molar-refractivity contribution in [2.45, 2.75) is 52.3 Å². The van der Waals surface area contributed by atoms with Gasteiger partial charge in [-0.15, -0.1) is 11.3 Å². The first-order chi connectivity index (χ1) is 11.1. The van der Waals surface area contributed by atoms with Crippen molar-refractivity contribution >= 4 is 11.3 Å². The van der Waals surface area contributed by atoms with E-state index in [-0.39, 0.29) is 0 Å². The topological polar surface area (TPSA) is 30.3 Å². The molecule has 1 atom stereocenters. The highest BCUT2D eigenvalue weighted by molar-refractivity contribution is 7.12. The van der Waals surface area contributed by atoms with Crippen molar-refractivity contribution < 1.29 is 4.74 Å². The van der Waals surface area contributed by atoms with Crippen molar-refractivity contribution in [2.24, 2.45) is 0 Å². The van der Waals surface area contributed by atoms with Gasteiger partial charge in [0.25, 0.3) is 0 Å². The van der Waals surface area contributed by atoms with Gasteiger partial charge in [0.15, 0.2) is 0 Å². The molecule has 0 bridgehead atoms. The van der Waals surface area contributed by atoms with Gasteiger partial charge in [0, 0.05) is 35.1 Å². The second kappa shape index (κ2) is 7.60. The minimum Gasteiger partial charge on any atom is -0.373 e. The largest absolute Gasteiger partial charge is 0.373 e. The van der Waals surface area contributed by atoms with Gasteiger partial charge in [0.05, 0.1) is 11.8 Å². The Morgan fingerprint density at radius 2 is 2.26 bits per heavy atom. The molecule has 1 saturated heterocycles. The van der Waals surface area contributed by atoms with Gasteiger partial charge in [-0.2, -0.15) is 5.10 Å². The normalized spacial score (nSPS) is 18.2. The van der Waals surface area contributed by atoms with Gasteiger partial charge < -0.3 is 9.64 Å². The lowest BCUT2D eigenvalue weighted by Crippen LogP contribution is -2.20. The van der Waals surface area contributed by atoms with E-state index in [0.29, 0.717) is 6.10 Å². The molecule has 1 aliphatic heterocycles. The Labute approximate surface area is 143 Å². The molecule has 23 heavy (non-hydrogen) atoms. The number of hydrogen-bond acceptors (Lipinski definition) is 4. The molecule has 0 spiro atoms. The van der Waals surface area contributed by atoms with Crippen LogP contribution in [0.3, 0.4) is 0 Å². The van der Waals surface area contributed by atoms with Crippen molar-refractivity contribution in [3.8, 4) is 0 Å². The van der Waals surface area contributed by atoms with Crippen LogP contribution in [-0.4, -0.2) is 34.9 Å². The minimum absolute atomic E-state index is 0.352. The standard InChI is InChI=1S/C18H27N3OS/c1-14-12-15(2)21(19-14)10-5-9-20(3)13-16-7-8-18(23-16)17-6-4-11-22-17/h7-8,12,17H,4-6,9-11,13H2,1-3H3/t17-/m1/s1. The Morgan fingerprint density at radius 1 is 1.39 bits per heavy atom. The van der Waals surface area contributed by atoms with Crippen LogP contribution in [-0.2, 0) is 17.8 Å². The summed E-state index contributed by atoms with van der Waals surface area (Å²) in [5, 5.41) is 4.52. The van der Waals surface area contributed by atoms with E-state index in [9.17, 15) is 0 Å². The summed E-state index contributed by atoms with van der Waals surface area (Å²) in [4.78, 5) is 5.23. The Morgan fingerprint density at radius 3 is 2.96 bits per heavy atom. The molecule has 5 heteroatoms. The zero-order valence-electron chi connectivity index (χ0n) is 14.4. The van der Waals surface area contributed by atoms with Crippen LogP contribution < -0.4 is 0 Å². The third-order valence-corrected chi connectivity index (χ3v) is 5.53. The van der Waals surface area contributed by atoms with E-state index in [2.05, 4.69) is 53.8 Å². The van der Waals surface area contributed by atoms with Crippen molar-refractivity contribution in [2.75, 3.05) is 20.2 Å². The van der Waals surface area contributed by atoms with Gasteiger partial charge >= 0.3 is 0 Å².